The van der Waals surface area contributed by atoms with Crippen molar-refractivity contribution in [3.63, 3.8) is 0 Å². The number of ether oxygens (including phenoxy) is 4. The van der Waals surface area contributed by atoms with E-state index in [1.807, 2.05) is 0 Å². The Bertz CT molecular complexity index is 1580. The number of aliphatic hydroxyl groups is 1. The smallest absolute Gasteiger partial charge is 0.462 e. The Morgan fingerprint density at radius 3 is 0.910 bits per heavy atom. The van der Waals surface area contributed by atoms with Crippen LogP contribution in [-0.2, 0) is 65.4 Å². The molecular formula is C59H114O17P2. The maximum Gasteiger partial charge on any atom is 0.472 e. The molecule has 0 rings (SSSR count). The van der Waals surface area contributed by atoms with Crippen LogP contribution in [0.2, 0.25) is 0 Å². The van der Waals surface area contributed by atoms with Gasteiger partial charge >= 0.3 is 39.5 Å². The summed E-state index contributed by atoms with van der Waals surface area (Å²) in [6.45, 7) is 13.8. The number of aliphatic hydroxyl groups excluding tert-OH is 1. The molecule has 0 saturated heterocycles. The molecule has 0 radical (unpaired) electrons. The highest BCUT2D eigenvalue weighted by Crippen LogP contribution is 2.45. The average Bonchev–Trinajstić information content (AvgIpc) is 3.38. The van der Waals surface area contributed by atoms with E-state index in [1.54, 1.807) is 0 Å². The fourth-order valence-electron chi connectivity index (χ4n) is 8.51. The van der Waals surface area contributed by atoms with Crippen LogP contribution in [0.15, 0.2) is 0 Å². The lowest BCUT2D eigenvalue weighted by atomic mass is 10.00. The van der Waals surface area contributed by atoms with Crippen molar-refractivity contribution in [3.05, 3.63) is 0 Å². The minimum Gasteiger partial charge on any atom is -0.462 e. The van der Waals surface area contributed by atoms with Gasteiger partial charge in [0, 0.05) is 25.7 Å². The van der Waals surface area contributed by atoms with Crippen molar-refractivity contribution < 1.29 is 80.2 Å². The number of esters is 4. The lowest BCUT2D eigenvalue weighted by molar-refractivity contribution is -0.161. The summed E-state index contributed by atoms with van der Waals surface area (Å²) in [5.41, 5.74) is 0. The largest absolute Gasteiger partial charge is 0.472 e. The van der Waals surface area contributed by atoms with E-state index in [4.69, 9.17) is 37.0 Å². The summed E-state index contributed by atoms with van der Waals surface area (Å²) in [6, 6.07) is 0. The zero-order valence-electron chi connectivity index (χ0n) is 50.3. The van der Waals surface area contributed by atoms with Gasteiger partial charge in [-0.15, -0.1) is 0 Å². The van der Waals surface area contributed by atoms with Crippen LogP contribution < -0.4 is 0 Å². The molecule has 0 heterocycles. The lowest BCUT2D eigenvalue weighted by Gasteiger charge is -2.21. The second-order valence-corrected chi connectivity index (χ2v) is 26.0. The van der Waals surface area contributed by atoms with Gasteiger partial charge in [0.2, 0.25) is 0 Å². The van der Waals surface area contributed by atoms with Gasteiger partial charge in [-0.2, -0.15) is 0 Å². The standard InChI is InChI=1S/C59H114O17P2/c1-9-52(8)38-30-22-15-18-24-32-40-57(62)70-45-54(75-58(63)41-33-25-12-10-11-19-27-35-49(2)3)47-73-77(65,66)71-43-53(60)44-72-78(67,68)74-48-55(76-59(64)42-34-26-17-14-21-29-37-51(6)7)46-69-56(61)39-31-23-16-13-20-28-36-50(4)5/h49-55,60H,9-48H2,1-8H3,(H,65,66)(H,67,68)/t52?,53-,54-,55-/m1/s1. The maximum atomic E-state index is 12.9. The van der Waals surface area contributed by atoms with Crippen LogP contribution in [0, 0.1) is 23.7 Å². The van der Waals surface area contributed by atoms with Crippen LogP contribution in [0.1, 0.15) is 274 Å². The number of hydrogen-bond acceptors (Lipinski definition) is 15. The van der Waals surface area contributed by atoms with E-state index < -0.39 is 97.5 Å². The fourth-order valence-corrected chi connectivity index (χ4v) is 10.1. The number of rotatable bonds is 56. The second kappa shape index (κ2) is 49.7. The molecule has 78 heavy (non-hydrogen) atoms. The Morgan fingerprint density at radius 2 is 0.615 bits per heavy atom. The van der Waals surface area contributed by atoms with Crippen LogP contribution in [0.3, 0.4) is 0 Å². The van der Waals surface area contributed by atoms with Gasteiger partial charge in [-0.25, -0.2) is 9.13 Å². The molecule has 0 aromatic rings. The molecule has 0 spiro atoms. The zero-order chi connectivity index (χ0) is 58.3. The van der Waals surface area contributed by atoms with E-state index in [-0.39, 0.29) is 25.7 Å². The molecule has 19 heteroatoms. The quantitative estimate of drug-likeness (QED) is 0.0222. The van der Waals surface area contributed by atoms with Crippen molar-refractivity contribution >= 4 is 39.5 Å². The van der Waals surface area contributed by atoms with Gasteiger partial charge in [-0.1, -0.05) is 222 Å². The third kappa shape index (κ3) is 52.2. The highest BCUT2D eigenvalue weighted by atomic mass is 31.2. The summed E-state index contributed by atoms with van der Waals surface area (Å²) in [4.78, 5) is 71.9. The molecule has 462 valence electrons. The predicted molar refractivity (Wildman–Crippen MR) is 307 cm³/mol. The molecule has 3 N–H and O–H groups in total. The van der Waals surface area contributed by atoms with Crippen molar-refractivity contribution in [2.45, 2.75) is 292 Å². The van der Waals surface area contributed by atoms with Gasteiger partial charge < -0.3 is 33.8 Å². The van der Waals surface area contributed by atoms with E-state index in [0.29, 0.717) is 43.4 Å². The van der Waals surface area contributed by atoms with E-state index in [0.717, 1.165) is 109 Å². The van der Waals surface area contributed by atoms with Crippen LogP contribution in [-0.4, -0.2) is 96.7 Å². The lowest BCUT2D eigenvalue weighted by Crippen LogP contribution is -2.30. The van der Waals surface area contributed by atoms with Crippen molar-refractivity contribution in [3.8, 4) is 0 Å². The summed E-state index contributed by atoms with van der Waals surface area (Å²) < 4.78 is 67.7. The van der Waals surface area contributed by atoms with E-state index in [9.17, 15) is 43.2 Å². The van der Waals surface area contributed by atoms with Crippen molar-refractivity contribution in [2.24, 2.45) is 23.7 Å². The molecule has 0 bridgehead atoms. The Balaban J connectivity index is 5.25. The first-order valence-electron chi connectivity index (χ1n) is 30.7. The number of carbonyl (C=O) groups is 4. The van der Waals surface area contributed by atoms with E-state index in [2.05, 4.69) is 55.4 Å². The molecule has 0 aliphatic carbocycles. The SMILES string of the molecule is CCC(C)CCCCCCCCC(=O)OC[C@H](COP(=O)(O)OC[C@@H](O)COP(=O)(O)OC[C@@H](COC(=O)CCCCCCCCC(C)C)OC(=O)CCCCCCCCC(C)C)OC(=O)CCCCCCCCCC(C)C. The Morgan fingerprint density at radius 1 is 0.359 bits per heavy atom. The predicted octanol–water partition coefficient (Wildman–Crippen LogP) is 15.4. The van der Waals surface area contributed by atoms with Gasteiger partial charge in [0.25, 0.3) is 0 Å². The van der Waals surface area contributed by atoms with Crippen molar-refractivity contribution in [1.29, 1.82) is 0 Å². The third-order valence-electron chi connectivity index (χ3n) is 13.7. The first-order valence-corrected chi connectivity index (χ1v) is 33.7. The van der Waals surface area contributed by atoms with E-state index in [1.165, 1.54) is 64.2 Å². The highest BCUT2D eigenvalue weighted by molar-refractivity contribution is 7.47. The van der Waals surface area contributed by atoms with Gasteiger partial charge in [-0.3, -0.25) is 37.3 Å². The van der Waals surface area contributed by atoms with Crippen LogP contribution >= 0.6 is 15.6 Å². The van der Waals surface area contributed by atoms with Gasteiger partial charge in [-0.05, 0) is 49.4 Å². The topological polar surface area (TPSA) is 237 Å². The van der Waals surface area contributed by atoms with Crippen LogP contribution in [0.4, 0.5) is 0 Å². The third-order valence-corrected chi connectivity index (χ3v) is 15.6. The number of phosphoric acid groups is 2. The average molecular weight is 1160 g/mol. The first-order chi connectivity index (χ1) is 37.1. The molecule has 0 saturated carbocycles. The normalized spacial score (nSPS) is 14.9. The molecule has 0 amide bonds. The Labute approximate surface area is 473 Å². The van der Waals surface area contributed by atoms with Gasteiger partial charge in [0.1, 0.15) is 19.3 Å². The first kappa shape index (κ1) is 76.1. The molecule has 0 aromatic carbocycles. The van der Waals surface area contributed by atoms with Crippen LogP contribution in [0.5, 0.6) is 0 Å². The summed E-state index contributed by atoms with van der Waals surface area (Å²) >= 11 is 0. The molecule has 0 fully saturated rings. The second-order valence-electron chi connectivity index (χ2n) is 23.1. The maximum absolute atomic E-state index is 12.9. The molecule has 6 atom stereocenters. The minimum atomic E-state index is -4.94. The monoisotopic (exact) mass is 1160 g/mol. The number of hydrogen-bond donors (Lipinski definition) is 3. The molecule has 0 aromatic heterocycles. The fraction of sp³-hybridized carbons (Fsp3) is 0.932. The summed E-state index contributed by atoms with van der Waals surface area (Å²) in [5, 5.41) is 10.5. The molecule has 17 nitrogen and oxygen atoms in total. The minimum absolute atomic E-state index is 0.100. The van der Waals surface area contributed by atoms with Gasteiger partial charge in [0.15, 0.2) is 12.2 Å². The van der Waals surface area contributed by atoms with Crippen molar-refractivity contribution in [1.82, 2.24) is 0 Å². The zero-order valence-corrected chi connectivity index (χ0v) is 52.1. The number of unbranched alkanes of at least 4 members (excludes halogenated alkanes) is 21. The number of phosphoric ester groups is 2. The summed E-state index contributed by atoms with van der Waals surface area (Å²) in [5.74, 6) is 0.621. The van der Waals surface area contributed by atoms with Gasteiger partial charge in [0.05, 0.1) is 26.4 Å². The molecule has 0 aliphatic rings. The molecule has 0 aliphatic heterocycles. The Kier molecular flexibility index (Phi) is 48.4. The molecule has 3 unspecified atom stereocenters. The number of carbonyl (C=O) groups excluding carboxylic acids is 4. The molecular weight excluding hydrogens is 1040 g/mol. The summed E-state index contributed by atoms with van der Waals surface area (Å²) in [7, 11) is -9.88. The van der Waals surface area contributed by atoms with Crippen LogP contribution in [0.25, 0.3) is 0 Å². The summed E-state index contributed by atoms with van der Waals surface area (Å²) in [6.07, 6.45) is 27.1. The highest BCUT2D eigenvalue weighted by Gasteiger charge is 2.30. The van der Waals surface area contributed by atoms with Crippen molar-refractivity contribution in [2.75, 3.05) is 39.6 Å². The van der Waals surface area contributed by atoms with E-state index >= 15 is 0 Å². The Hall–Kier alpha value is -1.94.